The molecule has 2 aliphatic rings. The molecule has 3 rings (SSSR count). The molecule has 21 heavy (non-hydrogen) atoms. The molecule has 0 spiro atoms. The summed E-state index contributed by atoms with van der Waals surface area (Å²) in [6.07, 6.45) is 1.92. The van der Waals surface area contributed by atoms with Crippen molar-refractivity contribution < 1.29 is 9.90 Å². The molecule has 0 radical (unpaired) electrons. The summed E-state index contributed by atoms with van der Waals surface area (Å²) in [4.78, 5) is 11.6. The van der Waals surface area contributed by atoms with Crippen LogP contribution in [-0.4, -0.2) is 11.0 Å². The quantitative estimate of drug-likeness (QED) is 0.871. The number of hydrogen-bond donors (Lipinski definition) is 2. The number of fused-ring (bicyclic) bond motifs is 1. The maximum atomic E-state index is 11.6. The number of hydrogen-bond acceptors (Lipinski definition) is 2. The zero-order valence-electron chi connectivity index (χ0n) is 13.4. The highest BCUT2D eigenvalue weighted by atomic mass is 16.3. The molecule has 114 valence electrons. The minimum atomic E-state index is -0.431. The van der Waals surface area contributed by atoms with E-state index in [4.69, 9.17) is 0 Å². The van der Waals surface area contributed by atoms with Crippen molar-refractivity contribution >= 4 is 11.6 Å². The third-order valence-corrected chi connectivity index (χ3v) is 6.04. The number of carbonyl (C=O) groups excluding carboxylic acids is 1. The average molecular weight is 287 g/mol. The zero-order chi connectivity index (χ0) is 15.4. The predicted molar refractivity (Wildman–Crippen MR) is 84.0 cm³/mol. The molecule has 1 aromatic rings. The van der Waals surface area contributed by atoms with E-state index < -0.39 is 6.10 Å². The molecular formula is C18H25NO2. The summed E-state index contributed by atoms with van der Waals surface area (Å²) in [5, 5.41) is 13.7. The van der Waals surface area contributed by atoms with E-state index in [-0.39, 0.29) is 22.7 Å². The van der Waals surface area contributed by atoms with Crippen LogP contribution in [0.2, 0.25) is 0 Å². The Morgan fingerprint density at radius 1 is 1.19 bits per heavy atom. The van der Waals surface area contributed by atoms with Gasteiger partial charge in [0.15, 0.2) is 0 Å². The normalized spacial score (nSPS) is 24.7. The first kappa shape index (κ1) is 14.6. The van der Waals surface area contributed by atoms with Crippen molar-refractivity contribution in [1.82, 2.24) is 0 Å². The molecule has 3 nitrogen and oxygen atoms in total. The van der Waals surface area contributed by atoms with Crippen LogP contribution in [0.15, 0.2) is 18.2 Å². The van der Waals surface area contributed by atoms with Crippen molar-refractivity contribution in [2.24, 2.45) is 16.7 Å². The Kier molecular flexibility index (Phi) is 3.17. The molecule has 1 saturated carbocycles. The third kappa shape index (κ3) is 2.18. The second kappa shape index (κ2) is 4.57. The van der Waals surface area contributed by atoms with Crippen molar-refractivity contribution in [3.05, 3.63) is 29.3 Å². The number of amides is 1. The van der Waals surface area contributed by atoms with Gasteiger partial charge in [0, 0.05) is 18.0 Å². The van der Waals surface area contributed by atoms with Gasteiger partial charge in [-0.1, -0.05) is 39.8 Å². The van der Waals surface area contributed by atoms with E-state index in [0.29, 0.717) is 6.42 Å². The zero-order valence-corrected chi connectivity index (χ0v) is 13.4. The standard InChI is InChI=1S/C18H25NO2/c1-17(2)16(18(17,3)4)15(21)12-8-9-13-11(10-12)6-5-7-14(20)19-13/h8-10,15-16,21H,5-7H2,1-4H3,(H,19,20). The summed E-state index contributed by atoms with van der Waals surface area (Å²) in [7, 11) is 0. The van der Waals surface area contributed by atoms with Crippen molar-refractivity contribution in [1.29, 1.82) is 0 Å². The highest BCUT2D eigenvalue weighted by Gasteiger charge is 2.67. The molecule has 0 saturated heterocycles. The Morgan fingerprint density at radius 2 is 1.86 bits per heavy atom. The lowest BCUT2D eigenvalue weighted by Gasteiger charge is -2.16. The second-order valence-corrected chi connectivity index (χ2v) is 7.68. The lowest BCUT2D eigenvalue weighted by atomic mass is 9.96. The lowest BCUT2D eigenvalue weighted by molar-refractivity contribution is -0.116. The van der Waals surface area contributed by atoms with Crippen molar-refractivity contribution in [3.63, 3.8) is 0 Å². The van der Waals surface area contributed by atoms with Crippen LogP contribution < -0.4 is 5.32 Å². The van der Waals surface area contributed by atoms with Gasteiger partial charge in [-0.15, -0.1) is 0 Å². The van der Waals surface area contributed by atoms with Crippen LogP contribution >= 0.6 is 0 Å². The van der Waals surface area contributed by atoms with Gasteiger partial charge in [0.1, 0.15) is 0 Å². The molecule has 1 amide bonds. The number of benzene rings is 1. The van der Waals surface area contributed by atoms with Gasteiger partial charge in [-0.3, -0.25) is 4.79 Å². The van der Waals surface area contributed by atoms with Gasteiger partial charge in [-0.25, -0.2) is 0 Å². The summed E-state index contributed by atoms with van der Waals surface area (Å²) in [6.45, 7) is 8.91. The Hall–Kier alpha value is -1.35. The molecule has 0 bridgehead atoms. The van der Waals surface area contributed by atoms with Crippen LogP contribution in [0.5, 0.6) is 0 Å². The molecule has 1 unspecified atom stereocenters. The first-order valence-corrected chi connectivity index (χ1v) is 7.86. The van der Waals surface area contributed by atoms with Crippen molar-refractivity contribution in [2.45, 2.75) is 53.1 Å². The smallest absolute Gasteiger partial charge is 0.224 e. The molecule has 1 aromatic carbocycles. The Labute approximate surface area is 126 Å². The number of carbonyl (C=O) groups is 1. The van der Waals surface area contributed by atoms with E-state index >= 15 is 0 Å². The summed E-state index contributed by atoms with van der Waals surface area (Å²) in [5.41, 5.74) is 3.35. The molecule has 1 aliphatic carbocycles. The van der Waals surface area contributed by atoms with Gasteiger partial charge in [0.2, 0.25) is 5.91 Å². The first-order valence-electron chi connectivity index (χ1n) is 7.86. The minimum absolute atomic E-state index is 0.0894. The van der Waals surface area contributed by atoms with Gasteiger partial charge in [0.05, 0.1) is 6.10 Å². The fourth-order valence-electron chi connectivity index (χ4n) is 4.01. The molecule has 1 atom stereocenters. The van der Waals surface area contributed by atoms with Crippen LogP contribution in [0, 0.1) is 16.7 Å². The molecule has 1 heterocycles. The van der Waals surface area contributed by atoms with Crippen molar-refractivity contribution in [3.8, 4) is 0 Å². The summed E-state index contributed by atoms with van der Waals surface area (Å²) >= 11 is 0. The van der Waals surface area contributed by atoms with Crippen LogP contribution in [0.3, 0.4) is 0 Å². The van der Waals surface area contributed by atoms with Gasteiger partial charge in [-0.2, -0.15) is 0 Å². The van der Waals surface area contributed by atoms with Gasteiger partial charge >= 0.3 is 0 Å². The Bertz CT molecular complexity index is 575. The molecule has 1 fully saturated rings. The number of rotatable bonds is 2. The molecule has 3 heteroatoms. The summed E-state index contributed by atoms with van der Waals surface area (Å²) in [5.74, 6) is 0.370. The fourth-order valence-corrected chi connectivity index (χ4v) is 4.01. The molecule has 0 aromatic heterocycles. The number of aliphatic hydroxyl groups is 1. The number of aliphatic hydroxyl groups excluding tert-OH is 1. The lowest BCUT2D eigenvalue weighted by Crippen LogP contribution is -2.10. The van der Waals surface area contributed by atoms with E-state index in [9.17, 15) is 9.90 Å². The number of aryl methyl sites for hydroxylation is 1. The largest absolute Gasteiger partial charge is 0.388 e. The molecule has 1 aliphatic heterocycles. The molecular weight excluding hydrogens is 262 g/mol. The number of nitrogens with one attached hydrogen (secondary N) is 1. The van der Waals surface area contributed by atoms with Crippen LogP contribution in [0.25, 0.3) is 0 Å². The third-order valence-electron chi connectivity index (χ3n) is 6.04. The van der Waals surface area contributed by atoms with E-state index in [2.05, 4.69) is 39.1 Å². The average Bonchev–Trinajstić information content (AvgIpc) is 2.89. The predicted octanol–water partition coefficient (Wildman–Crippen LogP) is 3.68. The molecule has 2 N–H and O–H groups in total. The highest BCUT2D eigenvalue weighted by Crippen LogP contribution is 2.72. The van der Waals surface area contributed by atoms with E-state index in [0.717, 1.165) is 29.7 Å². The van der Waals surface area contributed by atoms with Crippen LogP contribution in [-0.2, 0) is 11.2 Å². The van der Waals surface area contributed by atoms with E-state index in [1.165, 1.54) is 0 Å². The van der Waals surface area contributed by atoms with E-state index in [1.54, 1.807) is 0 Å². The Morgan fingerprint density at radius 3 is 2.48 bits per heavy atom. The Balaban J connectivity index is 1.88. The van der Waals surface area contributed by atoms with Gasteiger partial charge < -0.3 is 10.4 Å². The maximum Gasteiger partial charge on any atom is 0.224 e. The van der Waals surface area contributed by atoms with Gasteiger partial charge in [0.25, 0.3) is 0 Å². The SMILES string of the molecule is CC1(C)C(C(O)c2ccc3c(c2)CCCC(=O)N3)C1(C)C. The fraction of sp³-hybridized carbons (Fsp3) is 0.611. The van der Waals surface area contributed by atoms with Gasteiger partial charge in [-0.05, 0) is 40.9 Å². The topological polar surface area (TPSA) is 49.3 Å². The first-order chi connectivity index (χ1) is 9.75. The highest BCUT2D eigenvalue weighted by molar-refractivity contribution is 5.92. The van der Waals surface area contributed by atoms with E-state index in [1.807, 2.05) is 12.1 Å². The number of anilines is 1. The second-order valence-electron chi connectivity index (χ2n) is 7.68. The van der Waals surface area contributed by atoms with Crippen LogP contribution in [0.4, 0.5) is 5.69 Å². The van der Waals surface area contributed by atoms with Crippen LogP contribution in [0.1, 0.15) is 57.8 Å². The minimum Gasteiger partial charge on any atom is -0.388 e. The monoisotopic (exact) mass is 287 g/mol. The maximum absolute atomic E-state index is 11.6. The van der Waals surface area contributed by atoms with Crippen molar-refractivity contribution in [2.75, 3.05) is 5.32 Å². The summed E-state index contributed by atoms with van der Waals surface area (Å²) in [6, 6.07) is 5.98. The summed E-state index contributed by atoms with van der Waals surface area (Å²) < 4.78 is 0.